The zero-order chi connectivity index (χ0) is 14.6. The fraction of sp³-hybridized carbons (Fsp3) is 0.867. The normalized spacial score (nSPS) is 23.3. The number of alkyl halides is 1. The first-order valence-corrected chi connectivity index (χ1v) is 8.88. The van der Waals surface area contributed by atoms with Crippen LogP contribution in [0.1, 0.15) is 45.4 Å². The van der Waals surface area contributed by atoms with Crippen LogP contribution in [-0.2, 0) is 9.59 Å². The van der Waals surface area contributed by atoms with Crippen LogP contribution in [0.5, 0.6) is 0 Å². The van der Waals surface area contributed by atoms with Crippen molar-refractivity contribution >= 4 is 27.7 Å². The molecule has 0 N–H and O–H groups in total. The first-order chi connectivity index (χ1) is 9.62. The Labute approximate surface area is 130 Å². The third-order valence-electron chi connectivity index (χ3n) is 4.61. The molecule has 0 unspecified atom stereocenters. The number of amides is 2. The fourth-order valence-electron chi connectivity index (χ4n) is 3.39. The van der Waals surface area contributed by atoms with Gasteiger partial charge in [-0.25, -0.2) is 0 Å². The molecular weight excluding hydrogens is 320 g/mol. The molecule has 2 rings (SSSR count). The smallest absolute Gasteiger partial charge is 0.312 e. The molecule has 1 aliphatic carbocycles. The van der Waals surface area contributed by atoms with Gasteiger partial charge < -0.3 is 9.80 Å². The van der Waals surface area contributed by atoms with Gasteiger partial charge in [0, 0.05) is 31.5 Å². The average molecular weight is 345 g/mol. The van der Waals surface area contributed by atoms with E-state index in [4.69, 9.17) is 0 Å². The van der Waals surface area contributed by atoms with Gasteiger partial charge in [-0.2, -0.15) is 0 Å². The quantitative estimate of drug-likeness (QED) is 0.567. The molecule has 20 heavy (non-hydrogen) atoms. The molecule has 4 nitrogen and oxygen atoms in total. The van der Waals surface area contributed by atoms with Crippen molar-refractivity contribution in [1.82, 2.24) is 9.80 Å². The van der Waals surface area contributed by atoms with E-state index in [1.807, 2.05) is 6.92 Å². The van der Waals surface area contributed by atoms with Crippen LogP contribution in [0.3, 0.4) is 0 Å². The molecular formula is C15H25BrN2O2. The maximum Gasteiger partial charge on any atom is 0.312 e. The van der Waals surface area contributed by atoms with Crippen LogP contribution >= 0.6 is 15.9 Å². The molecule has 1 saturated carbocycles. The lowest BCUT2D eigenvalue weighted by atomic mass is 9.75. The van der Waals surface area contributed by atoms with Crippen LogP contribution in [-0.4, -0.2) is 53.1 Å². The van der Waals surface area contributed by atoms with Gasteiger partial charge in [-0.1, -0.05) is 42.1 Å². The van der Waals surface area contributed by atoms with Crippen LogP contribution in [0.15, 0.2) is 0 Å². The molecule has 1 saturated heterocycles. The molecule has 0 aromatic rings. The summed E-state index contributed by atoms with van der Waals surface area (Å²) < 4.78 is 0. The van der Waals surface area contributed by atoms with Crippen LogP contribution < -0.4 is 0 Å². The van der Waals surface area contributed by atoms with E-state index >= 15 is 0 Å². The third-order valence-corrected chi connectivity index (χ3v) is 5.80. The summed E-state index contributed by atoms with van der Waals surface area (Å²) in [5.41, 5.74) is 0.182. The van der Waals surface area contributed by atoms with Gasteiger partial charge in [-0.15, -0.1) is 0 Å². The van der Waals surface area contributed by atoms with Crippen molar-refractivity contribution in [3.63, 3.8) is 0 Å². The van der Waals surface area contributed by atoms with E-state index in [0.717, 1.165) is 31.1 Å². The van der Waals surface area contributed by atoms with Crippen molar-refractivity contribution in [2.24, 2.45) is 5.41 Å². The summed E-state index contributed by atoms with van der Waals surface area (Å²) in [6, 6.07) is 0. The second-order valence-electron chi connectivity index (χ2n) is 6.21. The standard InChI is InChI=1S/C15H25BrN2O2/c1-2-8-17-9-10-18(14(20)13(17)19)12-15(11-16)6-4-3-5-7-15/h2-12H2,1H3. The lowest BCUT2D eigenvalue weighted by Gasteiger charge is -2.42. The summed E-state index contributed by atoms with van der Waals surface area (Å²) in [6.07, 6.45) is 7.01. The first-order valence-electron chi connectivity index (χ1n) is 7.76. The molecule has 1 aliphatic heterocycles. The average Bonchev–Trinajstić information content (AvgIpc) is 2.48. The molecule has 2 amide bonds. The van der Waals surface area contributed by atoms with Gasteiger partial charge in [0.1, 0.15) is 0 Å². The number of carbonyl (C=O) groups excluding carboxylic acids is 2. The largest absolute Gasteiger partial charge is 0.333 e. The zero-order valence-corrected chi connectivity index (χ0v) is 14.0. The monoisotopic (exact) mass is 344 g/mol. The summed E-state index contributed by atoms with van der Waals surface area (Å²) >= 11 is 3.63. The summed E-state index contributed by atoms with van der Waals surface area (Å²) in [5, 5.41) is 0.927. The number of rotatable bonds is 5. The topological polar surface area (TPSA) is 40.6 Å². The highest BCUT2D eigenvalue weighted by molar-refractivity contribution is 9.09. The Bertz CT molecular complexity index is 367. The van der Waals surface area contributed by atoms with Crippen molar-refractivity contribution < 1.29 is 9.59 Å². The third kappa shape index (κ3) is 3.35. The van der Waals surface area contributed by atoms with E-state index < -0.39 is 0 Å². The van der Waals surface area contributed by atoms with Crippen molar-refractivity contribution in [3.8, 4) is 0 Å². The maximum atomic E-state index is 12.3. The van der Waals surface area contributed by atoms with Crippen molar-refractivity contribution in [1.29, 1.82) is 0 Å². The SMILES string of the molecule is CCCN1CCN(CC2(CBr)CCCCC2)C(=O)C1=O. The number of piperazine rings is 1. The first kappa shape index (κ1) is 15.8. The Morgan fingerprint density at radius 3 is 2.25 bits per heavy atom. The van der Waals surface area contributed by atoms with E-state index in [9.17, 15) is 9.59 Å². The highest BCUT2D eigenvalue weighted by Crippen LogP contribution is 2.38. The van der Waals surface area contributed by atoms with Gasteiger partial charge in [-0.05, 0) is 24.7 Å². The van der Waals surface area contributed by atoms with E-state index in [1.165, 1.54) is 19.3 Å². The molecule has 0 radical (unpaired) electrons. The van der Waals surface area contributed by atoms with Gasteiger partial charge in [0.15, 0.2) is 0 Å². The van der Waals surface area contributed by atoms with E-state index in [2.05, 4.69) is 15.9 Å². The molecule has 1 heterocycles. The van der Waals surface area contributed by atoms with Gasteiger partial charge in [0.2, 0.25) is 0 Å². The van der Waals surface area contributed by atoms with Crippen molar-refractivity contribution in [3.05, 3.63) is 0 Å². The van der Waals surface area contributed by atoms with Gasteiger partial charge in [-0.3, -0.25) is 9.59 Å². The number of carbonyl (C=O) groups is 2. The van der Waals surface area contributed by atoms with Crippen molar-refractivity contribution in [2.75, 3.05) is 31.5 Å². The number of nitrogens with zero attached hydrogens (tertiary/aromatic N) is 2. The predicted octanol–water partition coefficient (Wildman–Crippen LogP) is 2.41. The highest BCUT2D eigenvalue weighted by Gasteiger charge is 2.38. The van der Waals surface area contributed by atoms with Gasteiger partial charge in [0.05, 0.1) is 0 Å². The molecule has 114 valence electrons. The Balaban J connectivity index is 1.99. The molecule has 0 aromatic carbocycles. The molecule has 2 fully saturated rings. The number of hydrogen-bond donors (Lipinski definition) is 0. The van der Waals surface area contributed by atoms with E-state index in [-0.39, 0.29) is 17.2 Å². The van der Waals surface area contributed by atoms with Crippen molar-refractivity contribution in [2.45, 2.75) is 45.4 Å². The minimum absolute atomic E-state index is 0.182. The Hall–Kier alpha value is -0.580. The van der Waals surface area contributed by atoms with E-state index in [1.54, 1.807) is 9.80 Å². The number of halogens is 1. The zero-order valence-electron chi connectivity index (χ0n) is 12.4. The Morgan fingerprint density at radius 2 is 1.65 bits per heavy atom. The summed E-state index contributed by atoms with van der Waals surface area (Å²) in [7, 11) is 0. The summed E-state index contributed by atoms with van der Waals surface area (Å²) in [4.78, 5) is 27.8. The molecule has 2 aliphatic rings. The van der Waals surface area contributed by atoms with Gasteiger partial charge in [0.25, 0.3) is 0 Å². The minimum atomic E-state index is -0.307. The van der Waals surface area contributed by atoms with Crippen LogP contribution in [0.4, 0.5) is 0 Å². The Kier molecular flexibility index (Phi) is 5.47. The second kappa shape index (κ2) is 6.92. The van der Waals surface area contributed by atoms with E-state index in [0.29, 0.717) is 19.6 Å². The number of hydrogen-bond acceptors (Lipinski definition) is 2. The molecule has 5 heteroatoms. The highest BCUT2D eigenvalue weighted by atomic mass is 79.9. The minimum Gasteiger partial charge on any atom is -0.333 e. The van der Waals surface area contributed by atoms with Crippen LogP contribution in [0, 0.1) is 5.41 Å². The molecule has 0 bridgehead atoms. The maximum absolute atomic E-state index is 12.3. The lowest BCUT2D eigenvalue weighted by molar-refractivity contribution is -0.157. The Morgan fingerprint density at radius 1 is 1.05 bits per heavy atom. The fourth-order valence-corrected chi connectivity index (χ4v) is 4.13. The molecule has 0 aromatic heterocycles. The summed E-state index contributed by atoms with van der Waals surface area (Å²) in [6.45, 7) is 4.85. The summed E-state index contributed by atoms with van der Waals surface area (Å²) in [5.74, 6) is -0.603. The molecule has 0 spiro atoms. The van der Waals surface area contributed by atoms with Crippen LogP contribution in [0.25, 0.3) is 0 Å². The molecule has 0 atom stereocenters. The lowest BCUT2D eigenvalue weighted by Crippen LogP contribution is -2.57. The second-order valence-corrected chi connectivity index (χ2v) is 6.77. The predicted molar refractivity (Wildman–Crippen MR) is 82.8 cm³/mol. The van der Waals surface area contributed by atoms with Gasteiger partial charge >= 0.3 is 11.8 Å². The van der Waals surface area contributed by atoms with Crippen LogP contribution in [0.2, 0.25) is 0 Å².